The van der Waals surface area contributed by atoms with Crippen molar-refractivity contribution in [2.45, 2.75) is 38.6 Å². The lowest BCUT2D eigenvalue weighted by molar-refractivity contribution is 0.103. The molecule has 1 aliphatic rings. The van der Waals surface area contributed by atoms with Crippen LogP contribution in [0, 0.1) is 11.3 Å². The van der Waals surface area contributed by atoms with Crippen molar-refractivity contribution in [2.75, 3.05) is 13.1 Å². The van der Waals surface area contributed by atoms with E-state index in [1.54, 1.807) is 0 Å². The van der Waals surface area contributed by atoms with E-state index in [0.29, 0.717) is 0 Å². The third-order valence-corrected chi connectivity index (χ3v) is 2.44. The molecule has 1 heterocycles. The fraction of sp³-hybridized carbons (Fsp3) is 0.889. The quantitative estimate of drug-likeness (QED) is 0.574. The van der Waals surface area contributed by atoms with Gasteiger partial charge in [-0.15, -0.1) is 0 Å². The molecule has 0 aromatic rings. The molecule has 0 bridgehead atoms. The van der Waals surface area contributed by atoms with Crippen LogP contribution in [0.1, 0.15) is 32.6 Å². The molecule has 0 radical (unpaired) electrons. The predicted octanol–water partition coefficient (Wildman–Crippen LogP) is 1.77. The summed E-state index contributed by atoms with van der Waals surface area (Å²) in [7, 11) is 0. The number of hydrogen-bond donors (Lipinski definition) is 0. The number of hydrogen-bond acceptors (Lipinski definition) is 2. The lowest BCUT2D eigenvalue weighted by Crippen LogP contribution is -2.45. The molecule has 0 aliphatic carbocycles. The van der Waals surface area contributed by atoms with Gasteiger partial charge in [-0.2, -0.15) is 5.26 Å². The van der Waals surface area contributed by atoms with Crippen LogP contribution in [-0.2, 0) is 0 Å². The number of likely N-dealkylation sites (tertiary alicyclic amines) is 1. The summed E-state index contributed by atoms with van der Waals surface area (Å²) in [5.74, 6) is 0. The van der Waals surface area contributed by atoms with Crippen LogP contribution in [0.15, 0.2) is 0 Å². The van der Waals surface area contributed by atoms with E-state index in [0.717, 1.165) is 18.9 Å². The third-order valence-electron chi connectivity index (χ3n) is 2.44. The van der Waals surface area contributed by atoms with Gasteiger partial charge in [0.05, 0.1) is 6.07 Å². The molecule has 2 heteroatoms. The summed E-state index contributed by atoms with van der Waals surface area (Å²) in [6, 6.07) is 2.97. The smallest absolute Gasteiger partial charge is 0.0621 e. The number of rotatable bonds is 4. The summed E-state index contributed by atoms with van der Waals surface area (Å²) in [6.07, 6.45) is 4.35. The molecule has 1 aliphatic heterocycles. The first-order valence-corrected chi connectivity index (χ1v) is 4.45. The van der Waals surface area contributed by atoms with Gasteiger partial charge in [-0.3, -0.25) is 0 Å². The van der Waals surface area contributed by atoms with Crippen LogP contribution in [-0.4, -0.2) is 24.0 Å². The molecule has 0 aromatic heterocycles. The lowest BCUT2D eigenvalue weighted by atomic mass is 10.0. The van der Waals surface area contributed by atoms with Crippen molar-refractivity contribution in [3.05, 3.63) is 0 Å². The van der Waals surface area contributed by atoms with Crippen LogP contribution < -0.4 is 0 Å². The van der Waals surface area contributed by atoms with Crippen molar-refractivity contribution in [3.8, 4) is 6.07 Å². The van der Waals surface area contributed by atoms with E-state index in [4.69, 9.17) is 5.26 Å². The molecular weight excluding hydrogens is 136 g/mol. The monoisotopic (exact) mass is 152 g/mol. The zero-order valence-electron chi connectivity index (χ0n) is 7.21. The summed E-state index contributed by atoms with van der Waals surface area (Å²) >= 11 is 0. The molecule has 1 rings (SSSR count). The predicted molar refractivity (Wildman–Crippen MR) is 45.1 cm³/mol. The Morgan fingerprint density at radius 1 is 1.55 bits per heavy atom. The Kier molecular flexibility index (Phi) is 3.38. The fourth-order valence-electron chi connectivity index (χ4n) is 1.42. The average molecular weight is 152 g/mol. The number of unbranched alkanes of at least 4 members (excludes halogenated alkanes) is 2. The highest BCUT2D eigenvalue weighted by molar-refractivity contribution is 4.78. The molecule has 1 fully saturated rings. The van der Waals surface area contributed by atoms with Crippen molar-refractivity contribution >= 4 is 0 Å². The van der Waals surface area contributed by atoms with Gasteiger partial charge >= 0.3 is 0 Å². The van der Waals surface area contributed by atoms with Gasteiger partial charge < -0.3 is 4.90 Å². The highest BCUT2D eigenvalue weighted by Crippen LogP contribution is 2.16. The maximum atomic E-state index is 8.29. The van der Waals surface area contributed by atoms with Crippen LogP contribution in [0.25, 0.3) is 0 Å². The summed E-state index contributed by atoms with van der Waals surface area (Å²) in [5.41, 5.74) is 0. The molecular formula is C9H16N2. The Labute approximate surface area is 68.8 Å². The fourth-order valence-corrected chi connectivity index (χ4v) is 1.42. The van der Waals surface area contributed by atoms with Gasteiger partial charge in [0.15, 0.2) is 0 Å². The van der Waals surface area contributed by atoms with Gasteiger partial charge in [0.1, 0.15) is 0 Å². The Morgan fingerprint density at radius 3 is 2.82 bits per heavy atom. The van der Waals surface area contributed by atoms with Crippen molar-refractivity contribution in [3.63, 3.8) is 0 Å². The Hall–Kier alpha value is -0.550. The molecule has 0 amide bonds. The van der Waals surface area contributed by atoms with Crippen LogP contribution >= 0.6 is 0 Å². The minimum atomic E-state index is 0.724. The summed E-state index contributed by atoms with van der Waals surface area (Å²) in [4.78, 5) is 2.48. The lowest BCUT2D eigenvalue weighted by Gasteiger charge is -2.38. The SMILES string of the molecule is CC1CCN1CCCCC#N. The van der Waals surface area contributed by atoms with E-state index >= 15 is 0 Å². The Bertz CT molecular complexity index is 148. The summed E-state index contributed by atoms with van der Waals surface area (Å²) in [5, 5.41) is 8.29. The van der Waals surface area contributed by atoms with E-state index in [1.807, 2.05) is 0 Å². The zero-order chi connectivity index (χ0) is 8.10. The van der Waals surface area contributed by atoms with Crippen molar-refractivity contribution in [1.82, 2.24) is 4.90 Å². The van der Waals surface area contributed by atoms with Gasteiger partial charge in [-0.25, -0.2) is 0 Å². The van der Waals surface area contributed by atoms with E-state index in [2.05, 4.69) is 17.9 Å². The van der Waals surface area contributed by atoms with Gasteiger partial charge in [0.25, 0.3) is 0 Å². The third kappa shape index (κ3) is 2.51. The maximum absolute atomic E-state index is 8.29. The second-order valence-electron chi connectivity index (χ2n) is 3.29. The second-order valence-corrected chi connectivity index (χ2v) is 3.29. The average Bonchev–Trinajstić information content (AvgIpc) is 2.02. The summed E-state index contributed by atoms with van der Waals surface area (Å²) in [6.45, 7) is 4.74. The molecule has 2 nitrogen and oxygen atoms in total. The largest absolute Gasteiger partial charge is 0.301 e. The molecule has 11 heavy (non-hydrogen) atoms. The van der Waals surface area contributed by atoms with Gasteiger partial charge in [-0.05, 0) is 39.3 Å². The van der Waals surface area contributed by atoms with Crippen molar-refractivity contribution in [2.24, 2.45) is 0 Å². The number of nitrogens with zero attached hydrogens (tertiary/aromatic N) is 2. The highest BCUT2D eigenvalue weighted by Gasteiger charge is 2.21. The minimum Gasteiger partial charge on any atom is -0.301 e. The zero-order valence-corrected chi connectivity index (χ0v) is 7.21. The van der Waals surface area contributed by atoms with Crippen LogP contribution in [0.5, 0.6) is 0 Å². The normalized spacial score (nSPS) is 24.2. The Balaban J connectivity index is 1.92. The van der Waals surface area contributed by atoms with E-state index in [9.17, 15) is 0 Å². The molecule has 0 saturated carbocycles. The maximum Gasteiger partial charge on any atom is 0.0621 e. The second kappa shape index (κ2) is 4.35. The molecule has 1 atom stereocenters. The minimum absolute atomic E-state index is 0.724. The van der Waals surface area contributed by atoms with Crippen LogP contribution in [0.3, 0.4) is 0 Å². The van der Waals surface area contributed by atoms with Gasteiger partial charge in [-0.1, -0.05) is 0 Å². The molecule has 62 valence electrons. The first-order chi connectivity index (χ1) is 5.34. The van der Waals surface area contributed by atoms with Gasteiger partial charge in [0, 0.05) is 12.5 Å². The van der Waals surface area contributed by atoms with Crippen molar-refractivity contribution in [1.29, 1.82) is 5.26 Å². The van der Waals surface area contributed by atoms with Crippen LogP contribution in [0.2, 0.25) is 0 Å². The molecule has 0 aromatic carbocycles. The topological polar surface area (TPSA) is 27.0 Å². The van der Waals surface area contributed by atoms with Crippen LogP contribution in [0.4, 0.5) is 0 Å². The molecule has 1 saturated heterocycles. The Morgan fingerprint density at radius 2 is 2.36 bits per heavy atom. The number of nitriles is 1. The first kappa shape index (κ1) is 8.55. The molecule has 0 N–H and O–H groups in total. The van der Waals surface area contributed by atoms with E-state index in [1.165, 1.54) is 25.9 Å². The van der Waals surface area contributed by atoms with E-state index < -0.39 is 0 Å². The van der Waals surface area contributed by atoms with Crippen molar-refractivity contribution < 1.29 is 0 Å². The van der Waals surface area contributed by atoms with E-state index in [-0.39, 0.29) is 0 Å². The molecule has 0 spiro atoms. The molecule has 1 unspecified atom stereocenters. The summed E-state index contributed by atoms with van der Waals surface area (Å²) < 4.78 is 0. The highest BCUT2D eigenvalue weighted by atomic mass is 15.2. The van der Waals surface area contributed by atoms with Gasteiger partial charge in [0.2, 0.25) is 0 Å². The first-order valence-electron chi connectivity index (χ1n) is 4.45. The standard InChI is InChI=1S/C9H16N2/c1-9-5-8-11(9)7-4-2-3-6-10/h9H,2-5,7-8H2,1H3.